The number of amides is 1. The minimum Gasteiger partial charge on any atom is -0.444 e. The van der Waals surface area contributed by atoms with Crippen LogP contribution in [0.2, 0.25) is 0 Å². The van der Waals surface area contributed by atoms with Gasteiger partial charge < -0.3 is 9.64 Å². The molecule has 0 radical (unpaired) electrons. The third-order valence-corrected chi connectivity index (χ3v) is 4.31. The van der Waals surface area contributed by atoms with E-state index in [2.05, 4.69) is 6.08 Å². The maximum atomic E-state index is 12.3. The number of nitrogens with zero attached hydrogens (tertiary/aromatic N) is 1. The van der Waals surface area contributed by atoms with E-state index in [0.717, 1.165) is 31.6 Å². The molecule has 2 heterocycles. The SMILES string of the molecule is CC(C)(C)OC(=O)N1C2CCC1CC(=CC1CC1)C2. The monoisotopic (exact) mass is 263 g/mol. The van der Waals surface area contributed by atoms with E-state index in [0.29, 0.717) is 12.1 Å². The molecule has 2 atom stereocenters. The van der Waals surface area contributed by atoms with Gasteiger partial charge >= 0.3 is 6.09 Å². The fourth-order valence-corrected chi connectivity index (χ4v) is 3.40. The Morgan fingerprint density at radius 2 is 1.74 bits per heavy atom. The van der Waals surface area contributed by atoms with Crippen molar-refractivity contribution >= 4 is 6.09 Å². The molecule has 2 bridgehead atoms. The number of hydrogen-bond donors (Lipinski definition) is 0. The molecule has 106 valence electrons. The summed E-state index contributed by atoms with van der Waals surface area (Å²) in [6.07, 6.45) is 9.56. The van der Waals surface area contributed by atoms with Gasteiger partial charge in [0.25, 0.3) is 0 Å². The zero-order valence-electron chi connectivity index (χ0n) is 12.3. The number of allylic oxidation sites excluding steroid dienone is 1. The van der Waals surface area contributed by atoms with E-state index in [-0.39, 0.29) is 11.7 Å². The first-order valence-corrected chi connectivity index (χ1v) is 7.63. The molecule has 2 saturated heterocycles. The Kier molecular flexibility index (Phi) is 3.11. The summed E-state index contributed by atoms with van der Waals surface area (Å²) in [4.78, 5) is 14.3. The fraction of sp³-hybridized carbons (Fsp3) is 0.812. The van der Waals surface area contributed by atoms with Crippen LogP contribution >= 0.6 is 0 Å². The van der Waals surface area contributed by atoms with Crippen LogP contribution in [0, 0.1) is 5.92 Å². The number of fused-ring (bicyclic) bond motifs is 2. The topological polar surface area (TPSA) is 29.5 Å². The zero-order valence-corrected chi connectivity index (χ0v) is 12.3. The Morgan fingerprint density at radius 3 is 2.21 bits per heavy atom. The van der Waals surface area contributed by atoms with E-state index < -0.39 is 0 Å². The van der Waals surface area contributed by atoms with Gasteiger partial charge in [-0.1, -0.05) is 11.6 Å². The second-order valence-electron chi connectivity index (χ2n) is 7.34. The summed E-state index contributed by atoms with van der Waals surface area (Å²) in [6.45, 7) is 5.82. The number of hydrogen-bond acceptors (Lipinski definition) is 2. The van der Waals surface area contributed by atoms with Crippen LogP contribution in [0.25, 0.3) is 0 Å². The van der Waals surface area contributed by atoms with E-state index >= 15 is 0 Å². The predicted octanol–water partition coefficient (Wildman–Crippen LogP) is 3.88. The summed E-state index contributed by atoms with van der Waals surface area (Å²) in [7, 11) is 0. The van der Waals surface area contributed by atoms with Crippen molar-refractivity contribution in [1.29, 1.82) is 0 Å². The van der Waals surface area contributed by atoms with Gasteiger partial charge in [-0.15, -0.1) is 0 Å². The third-order valence-electron chi connectivity index (χ3n) is 4.31. The number of ether oxygens (including phenoxy) is 1. The van der Waals surface area contributed by atoms with Crippen LogP contribution in [0.4, 0.5) is 4.79 Å². The van der Waals surface area contributed by atoms with Crippen molar-refractivity contribution in [2.75, 3.05) is 0 Å². The second-order valence-corrected chi connectivity index (χ2v) is 7.34. The highest BCUT2D eigenvalue weighted by Crippen LogP contribution is 2.41. The molecule has 3 heteroatoms. The summed E-state index contributed by atoms with van der Waals surface area (Å²) >= 11 is 0. The van der Waals surface area contributed by atoms with Crippen LogP contribution in [0.15, 0.2) is 11.6 Å². The molecule has 0 aromatic heterocycles. The van der Waals surface area contributed by atoms with Crippen LogP contribution in [0.5, 0.6) is 0 Å². The van der Waals surface area contributed by atoms with Gasteiger partial charge in [0.05, 0.1) is 0 Å². The van der Waals surface area contributed by atoms with Gasteiger partial charge in [-0.3, -0.25) is 0 Å². The Balaban J connectivity index is 1.67. The molecule has 1 saturated carbocycles. The smallest absolute Gasteiger partial charge is 0.410 e. The van der Waals surface area contributed by atoms with Gasteiger partial charge in [-0.2, -0.15) is 0 Å². The van der Waals surface area contributed by atoms with Gasteiger partial charge in [0, 0.05) is 12.1 Å². The lowest BCUT2D eigenvalue weighted by Crippen LogP contribution is -2.47. The maximum Gasteiger partial charge on any atom is 0.410 e. The van der Waals surface area contributed by atoms with Crippen LogP contribution in [0.1, 0.15) is 59.3 Å². The van der Waals surface area contributed by atoms with Crippen molar-refractivity contribution < 1.29 is 9.53 Å². The third kappa shape index (κ3) is 2.96. The Labute approximate surface area is 116 Å². The highest BCUT2D eigenvalue weighted by atomic mass is 16.6. The first-order chi connectivity index (χ1) is 8.92. The molecule has 3 aliphatic rings. The number of piperidine rings is 1. The summed E-state index contributed by atoms with van der Waals surface area (Å²) in [5, 5.41) is 0. The highest BCUT2D eigenvalue weighted by molar-refractivity contribution is 5.70. The van der Waals surface area contributed by atoms with Crippen molar-refractivity contribution in [2.24, 2.45) is 5.92 Å². The van der Waals surface area contributed by atoms with Gasteiger partial charge in [0.2, 0.25) is 0 Å². The predicted molar refractivity (Wildman–Crippen MR) is 74.9 cm³/mol. The first kappa shape index (κ1) is 13.0. The number of carbonyl (C=O) groups is 1. The Bertz CT molecular complexity index is 387. The minimum absolute atomic E-state index is 0.106. The zero-order chi connectivity index (χ0) is 13.6. The van der Waals surface area contributed by atoms with Crippen molar-refractivity contribution in [2.45, 2.75) is 77.0 Å². The molecule has 1 aliphatic carbocycles. The molecule has 2 aliphatic heterocycles. The number of carbonyl (C=O) groups excluding carboxylic acids is 1. The van der Waals surface area contributed by atoms with E-state index in [1.165, 1.54) is 12.8 Å². The first-order valence-electron chi connectivity index (χ1n) is 7.63. The number of rotatable bonds is 1. The Hall–Kier alpha value is -0.990. The lowest BCUT2D eigenvalue weighted by molar-refractivity contribution is 0.0115. The standard InChI is InChI=1S/C16H25NO2/c1-16(2,3)19-15(18)17-13-6-7-14(17)10-12(9-13)8-11-4-5-11/h8,11,13-14H,4-7,9-10H2,1-3H3. The second kappa shape index (κ2) is 4.53. The average molecular weight is 263 g/mol. The molecule has 0 spiro atoms. The van der Waals surface area contributed by atoms with Gasteiger partial charge in [0.1, 0.15) is 5.60 Å². The van der Waals surface area contributed by atoms with Crippen molar-refractivity contribution in [3.05, 3.63) is 11.6 Å². The molecule has 2 unspecified atom stereocenters. The molecule has 3 nitrogen and oxygen atoms in total. The van der Waals surface area contributed by atoms with Crippen molar-refractivity contribution in [3.63, 3.8) is 0 Å². The summed E-state index contributed by atoms with van der Waals surface area (Å²) < 4.78 is 5.55. The Morgan fingerprint density at radius 1 is 1.16 bits per heavy atom. The van der Waals surface area contributed by atoms with E-state index in [1.54, 1.807) is 5.57 Å². The molecule has 0 N–H and O–H groups in total. The van der Waals surface area contributed by atoms with Crippen LogP contribution in [-0.4, -0.2) is 28.7 Å². The van der Waals surface area contributed by atoms with E-state index in [9.17, 15) is 4.79 Å². The lowest BCUT2D eigenvalue weighted by atomic mass is 9.96. The quantitative estimate of drug-likeness (QED) is 0.672. The summed E-state index contributed by atoms with van der Waals surface area (Å²) in [6, 6.07) is 0.775. The summed E-state index contributed by atoms with van der Waals surface area (Å²) in [5.74, 6) is 0.850. The van der Waals surface area contributed by atoms with Gasteiger partial charge in [-0.25, -0.2) is 4.79 Å². The van der Waals surface area contributed by atoms with Crippen LogP contribution in [0.3, 0.4) is 0 Å². The lowest BCUT2D eigenvalue weighted by Gasteiger charge is -2.37. The van der Waals surface area contributed by atoms with Crippen molar-refractivity contribution in [3.8, 4) is 0 Å². The van der Waals surface area contributed by atoms with Crippen molar-refractivity contribution in [1.82, 2.24) is 4.90 Å². The maximum absolute atomic E-state index is 12.3. The molecular formula is C16H25NO2. The van der Waals surface area contributed by atoms with Gasteiger partial charge in [-0.05, 0) is 65.2 Å². The molecule has 3 rings (SSSR count). The largest absolute Gasteiger partial charge is 0.444 e. The molecular weight excluding hydrogens is 238 g/mol. The molecule has 19 heavy (non-hydrogen) atoms. The molecule has 0 aromatic rings. The average Bonchev–Trinajstić information content (AvgIpc) is 3.02. The fourth-order valence-electron chi connectivity index (χ4n) is 3.40. The molecule has 3 fully saturated rings. The normalized spacial score (nSPS) is 30.5. The van der Waals surface area contributed by atoms with E-state index in [4.69, 9.17) is 4.74 Å². The molecule has 1 amide bonds. The minimum atomic E-state index is -0.388. The van der Waals surface area contributed by atoms with Crippen LogP contribution < -0.4 is 0 Å². The van der Waals surface area contributed by atoms with Gasteiger partial charge in [0.15, 0.2) is 0 Å². The van der Waals surface area contributed by atoms with E-state index in [1.807, 2.05) is 25.7 Å². The molecule has 0 aromatic carbocycles. The summed E-state index contributed by atoms with van der Waals surface area (Å²) in [5.41, 5.74) is 1.20. The van der Waals surface area contributed by atoms with Crippen LogP contribution in [-0.2, 0) is 4.74 Å². The highest BCUT2D eigenvalue weighted by Gasteiger charge is 2.43.